The summed E-state index contributed by atoms with van der Waals surface area (Å²) in [6.07, 6.45) is -2.39. The van der Waals surface area contributed by atoms with Crippen LogP contribution in [0.2, 0.25) is 0 Å². The van der Waals surface area contributed by atoms with Crippen molar-refractivity contribution in [2.75, 3.05) is 35.2 Å². The third-order valence-electron chi connectivity index (χ3n) is 5.72. The fraction of sp³-hybridized carbons (Fsp3) is 0.455. The summed E-state index contributed by atoms with van der Waals surface area (Å²) >= 11 is -2.08. The van der Waals surface area contributed by atoms with Gasteiger partial charge in [-0.05, 0) is 67.5 Å². The summed E-state index contributed by atoms with van der Waals surface area (Å²) in [6, 6.07) is 6.73. The molecule has 2 aromatic rings. The molecule has 1 atom stereocenters. The molecule has 0 aliphatic carbocycles. The fourth-order valence-electron chi connectivity index (χ4n) is 3.78. The van der Waals surface area contributed by atoms with Gasteiger partial charge in [-0.15, -0.1) is 0 Å². The Morgan fingerprint density at radius 2 is 1.91 bits per heavy atom. The first-order valence-electron chi connectivity index (χ1n) is 10.9. The van der Waals surface area contributed by atoms with E-state index in [1.165, 1.54) is 6.07 Å². The number of anilines is 3. The van der Waals surface area contributed by atoms with Gasteiger partial charge in [0, 0.05) is 25.3 Å². The lowest BCUT2D eigenvalue weighted by Crippen LogP contribution is -2.35. The topological polar surface area (TPSA) is 107 Å². The van der Waals surface area contributed by atoms with Gasteiger partial charge in [0.2, 0.25) is 11.3 Å². The number of nitrogens with one attached hydrogen (secondary N) is 3. The first-order valence-corrected chi connectivity index (χ1v) is 12.0. The second-order valence-electron chi connectivity index (χ2n) is 8.35. The molecule has 12 heteroatoms. The Morgan fingerprint density at radius 1 is 1.21 bits per heavy atom. The molecule has 1 aromatic carbocycles. The third-order valence-corrected chi connectivity index (χ3v) is 6.17. The Balaban J connectivity index is 1.72. The normalized spacial score (nSPS) is 15.8. The first-order chi connectivity index (χ1) is 16.0. The van der Waals surface area contributed by atoms with Crippen molar-refractivity contribution in [3.63, 3.8) is 0 Å². The molecule has 34 heavy (non-hydrogen) atoms. The molecule has 1 aliphatic rings. The van der Waals surface area contributed by atoms with Crippen LogP contribution in [0.15, 0.2) is 30.3 Å². The van der Waals surface area contributed by atoms with Crippen LogP contribution in [0.1, 0.15) is 36.6 Å². The Kier molecular flexibility index (Phi) is 8.50. The highest BCUT2D eigenvalue weighted by Gasteiger charge is 2.34. The Bertz CT molecular complexity index is 1040. The van der Waals surface area contributed by atoms with Gasteiger partial charge in [-0.1, -0.05) is 13.0 Å². The summed E-state index contributed by atoms with van der Waals surface area (Å²) < 4.78 is 61.6. The Morgan fingerprint density at radius 3 is 2.53 bits per heavy atom. The van der Waals surface area contributed by atoms with Crippen molar-refractivity contribution in [3.05, 3.63) is 47.2 Å². The average molecular weight is 500 g/mol. The van der Waals surface area contributed by atoms with E-state index in [2.05, 4.69) is 27.3 Å². The van der Waals surface area contributed by atoms with Gasteiger partial charge in [0.05, 0.1) is 5.69 Å². The van der Waals surface area contributed by atoms with Crippen LogP contribution in [0.5, 0.6) is 0 Å². The predicted octanol–water partition coefficient (Wildman–Crippen LogP) is 4.56. The van der Waals surface area contributed by atoms with Crippen LogP contribution in [0.4, 0.5) is 35.2 Å². The van der Waals surface area contributed by atoms with Crippen LogP contribution in [0, 0.1) is 12.8 Å². The maximum atomic E-state index is 13.3. The summed E-state index contributed by atoms with van der Waals surface area (Å²) in [5.74, 6) is 0.590. The molecule has 1 saturated heterocycles. The monoisotopic (exact) mass is 499 g/mol. The van der Waals surface area contributed by atoms with Gasteiger partial charge < -0.3 is 15.5 Å². The van der Waals surface area contributed by atoms with E-state index >= 15 is 0 Å². The van der Waals surface area contributed by atoms with E-state index in [0.717, 1.165) is 30.0 Å². The SMILES string of the molecule is Cc1cc(NC(=O)Nc2ccc(C(F)(F)F)nc2N2CCC(C)CC2)ccc1CCNS(=O)O. The summed E-state index contributed by atoms with van der Waals surface area (Å²) in [5, 5.41) is 5.33. The van der Waals surface area contributed by atoms with Gasteiger partial charge in [0.25, 0.3) is 0 Å². The van der Waals surface area contributed by atoms with Crippen LogP contribution in [0.25, 0.3) is 0 Å². The fourth-order valence-corrected chi connectivity index (χ4v) is 4.05. The number of piperidine rings is 1. The molecule has 0 saturated carbocycles. The van der Waals surface area contributed by atoms with Crippen molar-refractivity contribution in [2.24, 2.45) is 5.92 Å². The highest BCUT2D eigenvalue weighted by atomic mass is 32.2. The van der Waals surface area contributed by atoms with Crippen LogP contribution >= 0.6 is 0 Å². The van der Waals surface area contributed by atoms with E-state index in [4.69, 9.17) is 4.55 Å². The zero-order chi connectivity index (χ0) is 24.9. The lowest BCUT2D eigenvalue weighted by molar-refractivity contribution is -0.141. The molecule has 1 aromatic heterocycles. The van der Waals surface area contributed by atoms with Crippen molar-refractivity contribution in [1.82, 2.24) is 9.71 Å². The second-order valence-corrected chi connectivity index (χ2v) is 9.14. The van der Waals surface area contributed by atoms with E-state index in [9.17, 15) is 22.2 Å². The number of hydrogen-bond donors (Lipinski definition) is 4. The lowest BCUT2D eigenvalue weighted by Gasteiger charge is -2.32. The molecule has 0 radical (unpaired) electrons. The number of rotatable bonds is 7. The molecule has 1 unspecified atom stereocenters. The number of nitrogens with zero attached hydrogens (tertiary/aromatic N) is 2. The minimum Gasteiger partial charge on any atom is -0.355 e. The molecular weight excluding hydrogens is 471 g/mol. The number of aryl methyl sites for hydroxylation is 1. The predicted molar refractivity (Wildman–Crippen MR) is 126 cm³/mol. The molecule has 3 rings (SSSR count). The molecule has 0 spiro atoms. The molecule has 1 fully saturated rings. The summed E-state index contributed by atoms with van der Waals surface area (Å²) in [7, 11) is 0. The number of aromatic nitrogens is 1. The number of hydrogen-bond acceptors (Lipinski definition) is 4. The number of carbonyl (C=O) groups excluding carboxylic acids is 1. The number of urea groups is 1. The standard InChI is InChI=1S/C22H28F3N5O3S/c1-14-8-11-30(12-9-14)20-18(5-6-19(29-20)22(23,24)25)28-21(31)27-17-4-3-16(15(2)13-17)7-10-26-34(32)33/h3-6,13-14,26H,7-12H2,1-2H3,(H,32,33)(H2,27,28,31). The highest BCUT2D eigenvalue weighted by Crippen LogP contribution is 2.34. The van der Waals surface area contributed by atoms with Crippen molar-refractivity contribution in [1.29, 1.82) is 0 Å². The molecule has 186 valence electrons. The molecular formula is C22H28F3N5O3S. The summed E-state index contributed by atoms with van der Waals surface area (Å²) in [5.41, 5.74) is 1.53. The zero-order valence-electron chi connectivity index (χ0n) is 18.9. The van der Waals surface area contributed by atoms with Gasteiger partial charge in [-0.25, -0.2) is 18.7 Å². The van der Waals surface area contributed by atoms with Crippen molar-refractivity contribution in [2.45, 2.75) is 39.3 Å². The molecule has 8 nitrogen and oxygen atoms in total. The largest absolute Gasteiger partial charge is 0.433 e. The van der Waals surface area contributed by atoms with Crippen LogP contribution in [-0.2, 0) is 23.9 Å². The minimum absolute atomic E-state index is 0.108. The smallest absolute Gasteiger partial charge is 0.355 e. The summed E-state index contributed by atoms with van der Waals surface area (Å²) in [4.78, 5) is 18.2. The molecule has 2 heterocycles. The van der Waals surface area contributed by atoms with Gasteiger partial charge in [0.15, 0.2) is 5.82 Å². The summed E-state index contributed by atoms with van der Waals surface area (Å²) in [6.45, 7) is 5.39. The van der Waals surface area contributed by atoms with E-state index in [1.54, 1.807) is 23.1 Å². The van der Waals surface area contributed by atoms with Crippen molar-refractivity contribution >= 4 is 34.5 Å². The second kappa shape index (κ2) is 11.2. The van der Waals surface area contributed by atoms with E-state index < -0.39 is 29.2 Å². The third kappa shape index (κ3) is 7.15. The molecule has 0 bridgehead atoms. The Hall–Kier alpha value is -2.70. The quantitative estimate of drug-likeness (QED) is 0.418. The molecule has 1 aliphatic heterocycles. The average Bonchev–Trinajstić information content (AvgIpc) is 2.75. The van der Waals surface area contributed by atoms with Crippen molar-refractivity contribution < 1.29 is 26.7 Å². The van der Waals surface area contributed by atoms with Crippen molar-refractivity contribution in [3.8, 4) is 0 Å². The molecule has 4 N–H and O–H groups in total. The highest BCUT2D eigenvalue weighted by molar-refractivity contribution is 7.77. The first kappa shape index (κ1) is 25.9. The van der Waals surface area contributed by atoms with E-state index in [0.29, 0.717) is 37.7 Å². The minimum atomic E-state index is -4.58. The van der Waals surface area contributed by atoms with Gasteiger partial charge in [-0.2, -0.15) is 13.2 Å². The van der Waals surface area contributed by atoms with E-state index in [1.807, 2.05) is 6.92 Å². The number of halogens is 3. The molecule has 2 amide bonds. The number of pyridine rings is 1. The van der Waals surface area contributed by atoms with Gasteiger partial charge >= 0.3 is 12.2 Å². The number of carbonyl (C=O) groups is 1. The zero-order valence-corrected chi connectivity index (χ0v) is 19.7. The van der Waals surface area contributed by atoms with Crippen LogP contribution in [-0.4, -0.2) is 39.4 Å². The Labute approximate surface area is 198 Å². The maximum absolute atomic E-state index is 13.3. The lowest BCUT2D eigenvalue weighted by atomic mass is 9.99. The number of alkyl halides is 3. The van der Waals surface area contributed by atoms with E-state index in [-0.39, 0.29) is 11.5 Å². The number of amides is 2. The van der Waals surface area contributed by atoms with Gasteiger partial charge in [0.1, 0.15) is 5.69 Å². The number of benzene rings is 1. The van der Waals surface area contributed by atoms with Gasteiger partial charge in [-0.3, -0.25) is 4.55 Å². The maximum Gasteiger partial charge on any atom is 0.433 e. The van der Waals surface area contributed by atoms with Crippen LogP contribution in [0.3, 0.4) is 0 Å². The van der Waals surface area contributed by atoms with Crippen LogP contribution < -0.4 is 20.3 Å².